The molecule has 3 aliphatic rings. The number of ether oxygens (including phenoxy) is 1. The van der Waals surface area contributed by atoms with Crippen molar-refractivity contribution in [1.29, 1.82) is 0 Å². The zero-order valence-electron chi connectivity index (χ0n) is 13.2. The van der Waals surface area contributed by atoms with Crippen LogP contribution in [0.4, 0.5) is 0 Å². The first kappa shape index (κ1) is 15.7. The Morgan fingerprint density at radius 1 is 1.05 bits per heavy atom. The van der Waals surface area contributed by atoms with Crippen LogP contribution >= 0.6 is 0 Å². The van der Waals surface area contributed by atoms with E-state index in [9.17, 15) is 9.59 Å². The average Bonchev–Trinajstić information content (AvgIpc) is 2.54. The van der Waals surface area contributed by atoms with Gasteiger partial charge in [-0.25, -0.2) is 0 Å². The normalized spacial score (nSPS) is 30.8. The van der Waals surface area contributed by atoms with Crippen molar-refractivity contribution in [3.05, 3.63) is 0 Å². The molecule has 2 unspecified atom stereocenters. The maximum atomic E-state index is 12.7. The molecule has 2 amide bonds. The van der Waals surface area contributed by atoms with Crippen LogP contribution in [-0.2, 0) is 14.3 Å². The molecule has 124 valence electrons. The number of hydrogen-bond acceptors (Lipinski definition) is 4. The largest absolute Gasteiger partial charge is 0.374 e. The van der Waals surface area contributed by atoms with Gasteiger partial charge in [-0.2, -0.15) is 0 Å². The number of fused-ring (bicyclic) bond motifs is 1. The molecular formula is C16H27N3O3. The van der Waals surface area contributed by atoms with Gasteiger partial charge in [-0.05, 0) is 38.8 Å². The second kappa shape index (κ2) is 6.96. The minimum atomic E-state index is -0.204. The van der Waals surface area contributed by atoms with Crippen molar-refractivity contribution in [3.63, 3.8) is 0 Å². The van der Waals surface area contributed by atoms with Crippen molar-refractivity contribution in [2.75, 3.05) is 32.8 Å². The molecule has 0 aromatic rings. The fourth-order valence-electron chi connectivity index (χ4n) is 4.06. The molecule has 1 aliphatic carbocycles. The third-order valence-corrected chi connectivity index (χ3v) is 5.40. The van der Waals surface area contributed by atoms with E-state index in [2.05, 4.69) is 4.90 Å². The molecule has 0 bridgehead atoms. The van der Waals surface area contributed by atoms with E-state index in [0.29, 0.717) is 13.2 Å². The summed E-state index contributed by atoms with van der Waals surface area (Å²) in [5, 5.41) is 0. The van der Waals surface area contributed by atoms with Crippen molar-refractivity contribution < 1.29 is 14.3 Å². The lowest BCUT2D eigenvalue weighted by atomic mass is 9.90. The van der Waals surface area contributed by atoms with Crippen LogP contribution in [0.1, 0.15) is 38.5 Å². The molecule has 6 nitrogen and oxygen atoms in total. The summed E-state index contributed by atoms with van der Waals surface area (Å²) >= 11 is 0. The Balaban J connectivity index is 1.52. The van der Waals surface area contributed by atoms with Gasteiger partial charge >= 0.3 is 0 Å². The van der Waals surface area contributed by atoms with E-state index in [4.69, 9.17) is 10.5 Å². The molecular weight excluding hydrogens is 282 g/mol. The minimum absolute atomic E-state index is 0.0162. The van der Waals surface area contributed by atoms with Gasteiger partial charge in [0.1, 0.15) is 0 Å². The first-order valence-corrected chi connectivity index (χ1v) is 8.58. The lowest BCUT2D eigenvalue weighted by Crippen LogP contribution is -2.57. The van der Waals surface area contributed by atoms with Crippen molar-refractivity contribution in [2.45, 2.75) is 50.7 Å². The van der Waals surface area contributed by atoms with Crippen molar-refractivity contribution in [1.82, 2.24) is 9.80 Å². The second-order valence-electron chi connectivity index (χ2n) is 6.80. The van der Waals surface area contributed by atoms with Crippen LogP contribution < -0.4 is 5.73 Å². The Morgan fingerprint density at radius 2 is 1.77 bits per heavy atom. The number of nitrogens with two attached hydrogens (primary N) is 1. The van der Waals surface area contributed by atoms with Crippen molar-refractivity contribution in [3.8, 4) is 0 Å². The summed E-state index contributed by atoms with van der Waals surface area (Å²) in [6, 6.07) is 0.276. The summed E-state index contributed by atoms with van der Waals surface area (Å²) < 4.78 is 5.83. The molecule has 0 spiro atoms. The first-order valence-electron chi connectivity index (χ1n) is 8.58. The third-order valence-electron chi connectivity index (χ3n) is 5.40. The van der Waals surface area contributed by atoms with Gasteiger partial charge in [0.2, 0.25) is 11.8 Å². The number of hydrogen-bond donors (Lipinski definition) is 1. The van der Waals surface area contributed by atoms with E-state index in [0.717, 1.165) is 45.3 Å². The molecule has 0 radical (unpaired) electrons. The zero-order valence-corrected chi connectivity index (χ0v) is 13.2. The molecule has 2 aliphatic heterocycles. The van der Waals surface area contributed by atoms with Crippen molar-refractivity contribution in [2.24, 2.45) is 11.7 Å². The van der Waals surface area contributed by atoms with Gasteiger partial charge in [-0.3, -0.25) is 14.5 Å². The number of primary amides is 1. The van der Waals surface area contributed by atoms with Gasteiger partial charge in [0.25, 0.3) is 0 Å². The SMILES string of the molecule is NC(=O)C1CCN(CC(=O)N2CCOC3CCCCC32)CC1. The number of carbonyl (C=O) groups excluding carboxylic acids is 2. The number of amides is 2. The zero-order chi connectivity index (χ0) is 15.5. The van der Waals surface area contributed by atoms with E-state index in [-0.39, 0.29) is 29.9 Å². The van der Waals surface area contributed by atoms with E-state index in [1.54, 1.807) is 0 Å². The number of likely N-dealkylation sites (tertiary alicyclic amines) is 1. The predicted molar refractivity (Wildman–Crippen MR) is 82.1 cm³/mol. The van der Waals surface area contributed by atoms with Crippen LogP contribution in [0.25, 0.3) is 0 Å². The fourth-order valence-corrected chi connectivity index (χ4v) is 4.06. The molecule has 22 heavy (non-hydrogen) atoms. The summed E-state index contributed by atoms with van der Waals surface area (Å²) in [7, 11) is 0. The number of rotatable bonds is 3. The highest BCUT2D eigenvalue weighted by atomic mass is 16.5. The summed E-state index contributed by atoms with van der Waals surface area (Å²) in [6.45, 7) is 3.43. The summed E-state index contributed by atoms with van der Waals surface area (Å²) in [5.41, 5.74) is 5.36. The van der Waals surface area contributed by atoms with Crippen LogP contribution in [0.5, 0.6) is 0 Å². The molecule has 2 saturated heterocycles. The Hall–Kier alpha value is -1.14. The van der Waals surface area contributed by atoms with Gasteiger partial charge in [-0.15, -0.1) is 0 Å². The highest BCUT2D eigenvalue weighted by Crippen LogP contribution is 2.28. The number of carbonyl (C=O) groups is 2. The number of piperidine rings is 1. The highest BCUT2D eigenvalue weighted by Gasteiger charge is 2.37. The van der Waals surface area contributed by atoms with E-state index in [1.807, 2.05) is 4.90 Å². The molecule has 0 aromatic heterocycles. The number of morpholine rings is 1. The molecule has 3 rings (SSSR count). The van der Waals surface area contributed by atoms with Crippen LogP contribution in [0.2, 0.25) is 0 Å². The molecule has 1 saturated carbocycles. The molecule has 2 heterocycles. The molecule has 2 atom stereocenters. The molecule has 2 N–H and O–H groups in total. The van der Waals surface area contributed by atoms with Gasteiger partial charge in [0.05, 0.1) is 25.3 Å². The lowest BCUT2D eigenvalue weighted by molar-refractivity contribution is -0.151. The molecule has 3 fully saturated rings. The smallest absolute Gasteiger partial charge is 0.237 e. The lowest BCUT2D eigenvalue weighted by Gasteiger charge is -2.44. The summed E-state index contributed by atoms with van der Waals surface area (Å²) in [5.74, 6) is -0.000563. The molecule has 6 heteroatoms. The van der Waals surface area contributed by atoms with Gasteiger partial charge in [0.15, 0.2) is 0 Å². The van der Waals surface area contributed by atoms with Crippen LogP contribution in [0, 0.1) is 5.92 Å². The van der Waals surface area contributed by atoms with Crippen LogP contribution in [-0.4, -0.2) is 66.5 Å². The summed E-state index contributed by atoms with van der Waals surface area (Å²) in [6.07, 6.45) is 6.35. The predicted octanol–water partition coefficient (Wildman–Crippen LogP) is 0.354. The first-order chi connectivity index (χ1) is 10.6. The van der Waals surface area contributed by atoms with E-state index >= 15 is 0 Å². The Kier molecular flexibility index (Phi) is 4.98. The quantitative estimate of drug-likeness (QED) is 0.816. The van der Waals surface area contributed by atoms with Crippen LogP contribution in [0.3, 0.4) is 0 Å². The summed E-state index contributed by atoms with van der Waals surface area (Å²) in [4.78, 5) is 28.1. The monoisotopic (exact) mass is 309 g/mol. The van der Waals surface area contributed by atoms with Gasteiger partial charge < -0.3 is 15.4 Å². The third kappa shape index (κ3) is 3.43. The Bertz CT molecular complexity index is 419. The Morgan fingerprint density at radius 3 is 2.50 bits per heavy atom. The molecule has 0 aromatic carbocycles. The maximum absolute atomic E-state index is 12.7. The fraction of sp³-hybridized carbons (Fsp3) is 0.875. The number of nitrogens with zero attached hydrogens (tertiary/aromatic N) is 2. The average molecular weight is 309 g/mol. The Labute approximate surface area is 131 Å². The maximum Gasteiger partial charge on any atom is 0.237 e. The highest BCUT2D eigenvalue weighted by molar-refractivity contribution is 5.79. The van der Waals surface area contributed by atoms with Gasteiger partial charge in [0, 0.05) is 12.5 Å². The van der Waals surface area contributed by atoms with E-state index in [1.165, 1.54) is 12.8 Å². The van der Waals surface area contributed by atoms with Gasteiger partial charge in [-0.1, -0.05) is 12.8 Å². The standard InChI is InChI=1S/C16H27N3O3/c17-16(21)12-5-7-18(8-6-12)11-15(20)19-9-10-22-14-4-2-1-3-13(14)19/h12-14H,1-11H2,(H2,17,21). The van der Waals surface area contributed by atoms with Crippen LogP contribution in [0.15, 0.2) is 0 Å². The minimum Gasteiger partial charge on any atom is -0.374 e. The van der Waals surface area contributed by atoms with E-state index < -0.39 is 0 Å². The second-order valence-corrected chi connectivity index (χ2v) is 6.80. The topological polar surface area (TPSA) is 75.9 Å². The van der Waals surface area contributed by atoms with Crippen molar-refractivity contribution >= 4 is 11.8 Å².